The SMILES string of the molecule is CCCCCCCCCCCCCCCCCCCCCCC(C(=O)O)C(O)CCCCCCCCCCCCCCC1CC1CCCCCCCCCCCCCCCCCC(=O)C(C)CCCCCCCCCCCCCCCCCCC. The number of carbonyl (C=O) groups excluding carboxylic acids is 1. The van der Waals surface area contributed by atoms with Crippen molar-refractivity contribution < 1.29 is 19.8 Å². The predicted octanol–water partition coefficient (Wildman–Crippen LogP) is 28.2. The van der Waals surface area contributed by atoms with Gasteiger partial charge in [-0.05, 0) is 43.9 Å². The molecule has 0 aromatic heterocycles. The molecule has 5 atom stereocenters. The molecule has 0 aromatic carbocycles. The number of Topliss-reactive ketones (excluding diaryl/α,β-unsaturated/α-hetero) is 1. The van der Waals surface area contributed by atoms with Gasteiger partial charge in [-0.1, -0.05) is 438 Å². The molecule has 1 fully saturated rings. The highest BCUT2D eigenvalue weighted by Crippen LogP contribution is 2.46. The lowest BCUT2D eigenvalue weighted by Gasteiger charge is -2.19. The number of unbranched alkanes of at least 4 members (excludes halogenated alkanes) is 60. The van der Waals surface area contributed by atoms with Gasteiger partial charge in [0.1, 0.15) is 5.78 Å². The van der Waals surface area contributed by atoms with Crippen molar-refractivity contribution in [2.24, 2.45) is 23.7 Å². The van der Waals surface area contributed by atoms with Crippen molar-refractivity contribution in [2.45, 2.75) is 483 Å². The van der Waals surface area contributed by atoms with E-state index in [1.165, 1.54) is 398 Å². The number of ketones is 1. The van der Waals surface area contributed by atoms with E-state index in [1.807, 2.05) is 0 Å². The van der Waals surface area contributed by atoms with E-state index in [9.17, 15) is 19.8 Å². The van der Waals surface area contributed by atoms with E-state index in [0.29, 0.717) is 18.6 Å². The van der Waals surface area contributed by atoms with Crippen molar-refractivity contribution in [2.75, 3.05) is 0 Å². The lowest BCUT2D eigenvalue weighted by Crippen LogP contribution is -2.28. The van der Waals surface area contributed by atoms with Crippen molar-refractivity contribution in [3.8, 4) is 0 Å². The highest BCUT2D eigenvalue weighted by Gasteiger charge is 2.35. The van der Waals surface area contributed by atoms with Gasteiger partial charge in [-0.2, -0.15) is 0 Å². The van der Waals surface area contributed by atoms with Crippen LogP contribution in [0, 0.1) is 23.7 Å². The molecule has 2 N–H and O–H groups in total. The quantitative estimate of drug-likeness (QED) is 0.0595. The Balaban J connectivity index is 1.75. The van der Waals surface area contributed by atoms with E-state index in [-0.39, 0.29) is 5.92 Å². The average Bonchev–Trinajstić information content (AvgIpc) is 4.36. The number of rotatable bonds is 75. The van der Waals surface area contributed by atoms with Gasteiger partial charge in [0.15, 0.2) is 0 Å². The van der Waals surface area contributed by atoms with Gasteiger partial charge in [0.25, 0.3) is 0 Å². The minimum atomic E-state index is -0.801. The van der Waals surface area contributed by atoms with Crippen LogP contribution in [0.4, 0.5) is 0 Å². The summed E-state index contributed by atoms with van der Waals surface area (Å²) in [6, 6.07) is 0. The molecule has 0 amide bonds. The Morgan fingerprint density at radius 3 is 0.765 bits per heavy atom. The van der Waals surface area contributed by atoms with E-state index < -0.39 is 18.0 Å². The fourth-order valence-electron chi connectivity index (χ4n) is 14.4. The second-order valence-corrected chi connectivity index (χ2v) is 29.2. The number of carboxylic acid groups (broad SMARTS) is 1. The largest absolute Gasteiger partial charge is 0.481 e. The van der Waals surface area contributed by atoms with Crippen molar-refractivity contribution in [3.63, 3.8) is 0 Å². The third-order valence-corrected chi connectivity index (χ3v) is 20.8. The number of hydrogen-bond acceptors (Lipinski definition) is 3. The van der Waals surface area contributed by atoms with E-state index in [1.54, 1.807) is 0 Å². The molecule has 0 heterocycles. The molecule has 4 nitrogen and oxygen atoms in total. The smallest absolute Gasteiger partial charge is 0.309 e. The molecule has 0 aliphatic heterocycles. The first-order chi connectivity index (χ1) is 41.9. The molecule has 0 spiro atoms. The summed E-state index contributed by atoms with van der Waals surface area (Å²) in [4.78, 5) is 24.6. The number of hydrogen-bond donors (Lipinski definition) is 2. The molecule has 0 radical (unpaired) electrons. The number of aliphatic hydroxyl groups is 1. The van der Waals surface area contributed by atoms with Gasteiger partial charge in [0.2, 0.25) is 0 Å². The molecule has 1 aliphatic carbocycles. The number of carbonyl (C=O) groups is 2. The predicted molar refractivity (Wildman–Crippen MR) is 377 cm³/mol. The first-order valence-electron chi connectivity index (χ1n) is 40.3. The molecule has 0 bridgehead atoms. The molecular weight excluding hydrogens is 1040 g/mol. The molecule has 5 unspecified atom stereocenters. The Labute approximate surface area is 535 Å². The van der Waals surface area contributed by atoms with Crippen molar-refractivity contribution in [1.82, 2.24) is 0 Å². The van der Waals surface area contributed by atoms with Gasteiger partial charge in [-0.25, -0.2) is 0 Å². The maximum Gasteiger partial charge on any atom is 0.309 e. The van der Waals surface area contributed by atoms with Crippen LogP contribution in [-0.4, -0.2) is 28.1 Å². The molecule has 1 aliphatic rings. The number of carboxylic acids is 1. The third kappa shape index (κ3) is 60.4. The molecule has 0 saturated heterocycles. The van der Waals surface area contributed by atoms with E-state index in [2.05, 4.69) is 20.8 Å². The van der Waals surface area contributed by atoms with Gasteiger partial charge in [0, 0.05) is 12.3 Å². The zero-order valence-corrected chi connectivity index (χ0v) is 58.8. The van der Waals surface area contributed by atoms with Crippen LogP contribution < -0.4 is 0 Å². The van der Waals surface area contributed by atoms with Crippen LogP contribution in [0.5, 0.6) is 0 Å². The molecule has 1 rings (SSSR count). The fraction of sp³-hybridized carbons (Fsp3) is 0.975. The molecule has 4 heteroatoms. The van der Waals surface area contributed by atoms with Crippen molar-refractivity contribution in [1.29, 1.82) is 0 Å². The van der Waals surface area contributed by atoms with Crippen molar-refractivity contribution >= 4 is 11.8 Å². The highest BCUT2D eigenvalue weighted by molar-refractivity contribution is 5.80. The topological polar surface area (TPSA) is 74.6 Å². The summed E-state index contributed by atoms with van der Waals surface area (Å²) in [5.74, 6) is 1.56. The Morgan fingerprint density at radius 2 is 0.506 bits per heavy atom. The van der Waals surface area contributed by atoms with E-state index in [0.717, 1.165) is 56.8 Å². The van der Waals surface area contributed by atoms with Gasteiger partial charge in [0.05, 0.1) is 12.0 Å². The number of aliphatic hydroxyl groups excluding tert-OH is 1. The minimum absolute atomic E-state index is 0.280. The lowest BCUT2D eigenvalue weighted by molar-refractivity contribution is -0.146. The van der Waals surface area contributed by atoms with Crippen LogP contribution in [0.25, 0.3) is 0 Å². The van der Waals surface area contributed by atoms with Gasteiger partial charge < -0.3 is 10.2 Å². The lowest BCUT2D eigenvalue weighted by atomic mass is 9.91. The van der Waals surface area contributed by atoms with Gasteiger partial charge in [-0.3, -0.25) is 9.59 Å². The maximum absolute atomic E-state index is 12.7. The highest BCUT2D eigenvalue weighted by atomic mass is 16.4. The second-order valence-electron chi connectivity index (χ2n) is 29.2. The first-order valence-corrected chi connectivity index (χ1v) is 40.3. The molecule has 1 saturated carbocycles. The Hall–Kier alpha value is -0.900. The minimum Gasteiger partial charge on any atom is -0.481 e. The summed E-state index contributed by atoms with van der Waals surface area (Å²) >= 11 is 0. The van der Waals surface area contributed by atoms with Crippen LogP contribution in [0.2, 0.25) is 0 Å². The van der Waals surface area contributed by atoms with Gasteiger partial charge >= 0.3 is 5.97 Å². The Bertz CT molecular complexity index is 1310. The van der Waals surface area contributed by atoms with Crippen LogP contribution in [0.1, 0.15) is 477 Å². The van der Waals surface area contributed by atoms with Crippen LogP contribution >= 0.6 is 0 Å². The normalized spacial score (nSPS) is 15.2. The Morgan fingerprint density at radius 1 is 0.294 bits per heavy atom. The zero-order valence-electron chi connectivity index (χ0n) is 58.8. The molecule has 0 aromatic rings. The first kappa shape index (κ1) is 82.1. The second kappa shape index (κ2) is 67.5. The van der Waals surface area contributed by atoms with Crippen LogP contribution in [0.3, 0.4) is 0 Å². The molecular formula is C81H158O4. The van der Waals surface area contributed by atoms with E-state index in [4.69, 9.17) is 0 Å². The summed E-state index contributed by atoms with van der Waals surface area (Å²) in [7, 11) is 0. The summed E-state index contributed by atoms with van der Waals surface area (Å²) in [5.41, 5.74) is 0. The number of aliphatic carboxylic acids is 1. The third-order valence-electron chi connectivity index (χ3n) is 20.8. The summed E-state index contributed by atoms with van der Waals surface area (Å²) in [5, 5.41) is 20.5. The Kier molecular flexibility index (Phi) is 65.2. The van der Waals surface area contributed by atoms with Gasteiger partial charge in [-0.15, -0.1) is 0 Å². The zero-order chi connectivity index (χ0) is 61.2. The molecule has 506 valence electrons. The maximum atomic E-state index is 12.7. The fourth-order valence-corrected chi connectivity index (χ4v) is 14.4. The standard InChI is InChI=1S/C81H158O4/c1-4-6-8-10-12-14-16-18-20-22-23-24-26-30-34-41-47-53-59-65-71-78(81(84)85)80(83)73-67-61-55-49-43-37-36-40-46-52-58-64-70-77-74-76(77)69-63-57-51-45-39-33-29-27-31-35-42-48-54-60-66-72-79(82)75(3)68-62-56-50-44-38-32-28-25-21-19-17-15-13-11-9-7-5-2/h75-78,80,83H,4-74H2,1-3H3,(H,84,85). The summed E-state index contributed by atoms with van der Waals surface area (Å²) in [6.07, 6.45) is 95.0. The average molecular weight is 1200 g/mol. The summed E-state index contributed by atoms with van der Waals surface area (Å²) in [6.45, 7) is 6.79. The van der Waals surface area contributed by atoms with Crippen LogP contribution in [0.15, 0.2) is 0 Å². The van der Waals surface area contributed by atoms with E-state index >= 15 is 0 Å². The van der Waals surface area contributed by atoms with Crippen LogP contribution in [-0.2, 0) is 9.59 Å². The van der Waals surface area contributed by atoms with Crippen molar-refractivity contribution in [3.05, 3.63) is 0 Å². The molecule has 85 heavy (non-hydrogen) atoms. The monoisotopic (exact) mass is 1200 g/mol. The summed E-state index contributed by atoms with van der Waals surface area (Å²) < 4.78 is 0.